The Balaban J connectivity index is 1.60. The van der Waals surface area contributed by atoms with Crippen molar-refractivity contribution >= 4 is 22.7 Å². The minimum absolute atomic E-state index is 0.619. The van der Waals surface area contributed by atoms with Crippen LogP contribution in [0.2, 0.25) is 0 Å². The van der Waals surface area contributed by atoms with Gasteiger partial charge in [-0.25, -0.2) is 0 Å². The standard InChI is InChI=1S/C26H42O3S2/c1-3-4-5-6-7-8-9-10-11-12-13-24-14-19-30-26(24)25-20-23(22-31-25)21-29-18-17-28-16-15-27-2/h14,19-20,22H,3-13,15-18,21H2,1-2H3. The fraction of sp³-hybridized carbons (Fsp3) is 0.692. The van der Waals surface area contributed by atoms with Crippen LogP contribution < -0.4 is 0 Å². The maximum atomic E-state index is 5.74. The first-order chi connectivity index (χ1) is 15.3. The molecule has 0 spiro atoms. The molecule has 0 saturated heterocycles. The molecule has 2 rings (SSSR count). The Morgan fingerprint density at radius 1 is 0.774 bits per heavy atom. The van der Waals surface area contributed by atoms with Gasteiger partial charge in [0.1, 0.15) is 0 Å². The maximum Gasteiger partial charge on any atom is 0.0726 e. The molecule has 2 aromatic rings. The molecular formula is C26H42O3S2. The summed E-state index contributed by atoms with van der Waals surface area (Å²) in [5.41, 5.74) is 2.78. The molecule has 0 aromatic carbocycles. The van der Waals surface area contributed by atoms with Gasteiger partial charge in [0.2, 0.25) is 0 Å². The maximum absolute atomic E-state index is 5.74. The van der Waals surface area contributed by atoms with Gasteiger partial charge in [-0.3, -0.25) is 0 Å². The molecule has 0 atom stereocenters. The second-order valence-electron chi connectivity index (χ2n) is 8.18. The van der Waals surface area contributed by atoms with Crippen molar-refractivity contribution < 1.29 is 14.2 Å². The number of rotatable bonds is 20. The summed E-state index contributed by atoms with van der Waals surface area (Å²) in [6.45, 7) is 5.45. The number of methoxy groups -OCH3 is 1. The second-order valence-corrected chi connectivity index (χ2v) is 10.0. The van der Waals surface area contributed by atoms with E-state index in [9.17, 15) is 0 Å². The zero-order chi connectivity index (χ0) is 22.0. The van der Waals surface area contributed by atoms with Gasteiger partial charge in [-0.2, -0.15) is 0 Å². The third-order valence-corrected chi connectivity index (χ3v) is 7.61. The average molecular weight is 467 g/mol. The van der Waals surface area contributed by atoms with E-state index in [-0.39, 0.29) is 0 Å². The van der Waals surface area contributed by atoms with Crippen molar-refractivity contribution in [1.82, 2.24) is 0 Å². The molecule has 0 bridgehead atoms. The van der Waals surface area contributed by atoms with Crippen LogP contribution in [0.3, 0.4) is 0 Å². The molecule has 0 N–H and O–H groups in total. The highest BCUT2D eigenvalue weighted by Crippen LogP contribution is 2.35. The summed E-state index contributed by atoms with van der Waals surface area (Å²) in [5.74, 6) is 0. The van der Waals surface area contributed by atoms with Crippen LogP contribution in [-0.2, 0) is 27.2 Å². The first-order valence-corrected chi connectivity index (χ1v) is 13.9. The fourth-order valence-corrected chi connectivity index (χ4v) is 5.70. The Labute approximate surface area is 198 Å². The third-order valence-electron chi connectivity index (χ3n) is 5.50. The zero-order valence-electron chi connectivity index (χ0n) is 19.7. The minimum atomic E-state index is 0.619. The van der Waals surface area contributed by atoms with Crippen molar-refractivity contribution in [1.29, 1.82) is 0 Å². The van der Waals surface area contributed by atoms with Crippen LogP contribution in [0.25, 0.3) is 9.75 Å². The number of hydrogen-bond donors (Lipinski definition) is 0. The van der Waals surface area contributed by atoms with Gasteiger partial charge in [0.15, 0.2) is 0 Å². The molecule has 0 fully saturated rings. The van der Waals surface area contributed by atoms with Crippen molar-refractivity contribution in [2.24, 2.45) is 0 Å². The molecular weight excluding hydrogens is 424 g/mol. The second kappa shape index (κ2) is 17.8. The van der Waals surface area contributed by atoms with E-state index in [0.29, 0.717) is 33.0 Å². The van der Waals surface area contributed by atoms with Crippen molar-refractivity contribution in [3.05, 3.63) is 34.0 Å². The van der Waals surface area contributed by atoms with Crippen molar-refractivity contribution in [2.45, 2.75) is 84.2 Å². The molecule has 2 heterocycles. The van der Waals surface area contributed by atoms with Crippen LogP contribution in [0, 0.1) is 0 Å². The average Bonchev–Trinajstić information content (AvgIpc) is 3.43. The third kappa shape index (κ3) is 11.6. The van der Waals surface area contributed by atoms with Crippen LogP contribution in [0.4, 0.5) is 0 Å². The lowest BCUT2D eigenvalue weighted by Crippen LogP contribution is -2.08. The number of ether oxygens (including phenoxy) is 3. The summed E-state index contributed by atoms with van der Waals surface area (Å²) < 4.78 is 16.1. The van der Waals surface area contributed by atoms with Gasteiger partial charge in [-0.15, -0.1) is 22.7 Å². The number of hydrogen-bond acceptors (Lipinski definition) is 5. The number of thiophene rings is 2. The first-order valence-electron chi connectivity index (χ1n) is 12.1. The van der Waals surface area contributed by atoms with Gasteiger partial charge in [-0.1, -0.05) is 64.7 Å². The van der Waals surface area contributed by atoms with Gasteiger partial charge in [0, 0.05) is 16.9 Å². The molecule has 2 aromatic heterocycles. The van der Waals surface area contributed by atoms with E-state index in [1.54, 1.807) is 7.11 Å². The molecule has 0 saturated carbocycles. The molecule has 0 aliphatic carbocycles. The Morgan fingerprint density at radius 3 is 2.19 bits per heavy atom. The van der Waals surface area contributed by atoms with Gasteiger partial charge in [-0.05, 0) is 46.9 Å². The number of unbranched alkanes of at least 4 members (excludes halogenated alkanes) is 9. The molecule has 0 amide bonds. The molecule has 3 nitrogen and oxygen atoms in total. The highest BCUT2D eigenvalue weighted by Gasteiger charge is 2.10. The molecule has 0 aliphatic heterocycles. The highest BCUT2D eigenvalue weighted by atomic mass is 32.1. The summed E-state index contributed by atoms with van der Waals surface area (Å²) in [6, 6.07) is 4.62. The van der Waals surface area contributed by atoms with E-state index >= 15 is 0 Å². The van der Waals surface area contributed by atoms with E-state index in [1.807, 2.05) is 22.7 Å². The first kappa shape index (κ1) is 26.5. The quantitative estimate of drug-likeness (QED) is 0.184. The van der Waals surface area contributed by atoms with E-state index in [4.69, 9.17) is 14.2 Å². The van der Waals surface area contributed by atoms with E-state index in [1.165, 1.54) is 91.5 Å². The smallest absolute Gasteiger partial charge is 0.0726 e. The Kier molecular flexibility index (Phi) is 15.2. The molecule has 0 unspecified atom stereocenters. The predicted octanol–water partition coefficient (Wildman–Crippen LogP) is 8.12. The van der Waals surface area contributed by atoms with Gasteiger partial charge in [0.05, 0.1) is 33.0 Å². The Hall–Kier alpha value is -0.720. The topological polar surface area (TPSA) is 27.7 Å². The Bertz CT molecular complexity index is 665. The van der Waals surface area contributed by atoms with Gasteiger partial charge >= 0.3 is 0 Å². The summed E-state index contributed by atoms with van der Waals surface area (Å²) >= 11 is 3.71. The van der Waals surface area contributed by atoms with Crippen LogP contribution in [-0.4, -0.2) is 33.5 Å². The van der Waals surface area contributed by atoms with E-state index in [0.717, 1.165) is 0 Å². The fourth-order valence-electron chi connectivity index (χ4n) is 3.67. The van der Waals surface area contributed by atoms with Crippen molar-refractivity contribution in [3.8, 4) is 9.75 Å². The van der Waals surface area contributed by atoms with E-state index in [2.05, 4.69) is 29.8 Å². The molecule has 31 heavy (non-hydrogen) atoms. The lowest BCUT2D eigenvalue weighted by atomic mass is 10.0. The van der Waals surface area contributed by atoms with Crippen LogP contribution in [0.1, 0.15) is 82.3 Å². The summed E-state index contributed by atoms with van der Waals surface area (Å²) in [6.07, 6.45) is 15.1. The molecule has 176 valence electrons. The molecule has 0 radical (unpaired) electrons. The highest BCUT2D eigenvalue weighted by molar-refractivity contribution is 7.20. The minimum Gasteiger partial charge on any atom is -0.382 e. The van der Waals surface area contributed by atoms with E-state index < -0.39 is 0 Å². The molecule has 0 aliphatic rings. The summed E-state index contributed by atoms with van der Waals surface area (Å²) in [7, 11) is 1.68. The predicted molar refractivity (Wildman–Crippen MR) is 136 cm³/mol. The Morgan fingerprint density at radius 2 is 1.45 bits per heavy atom. The zero-order valence-corrected chi connectivity index (χ0v) is 21.3. The SMILES string of the molecule is CCCCCCCCCCCCc1ccsc1-c1cc(COCCOCCOC)cs1. The van der Waals surface area contributed by atoms with Crippen molar-refractivity contribution in [2.75, 3.05) is 33.5 Å². The lowest BCUT2D eigenvalue weighted by Gasteiger charge is -2.05. The lowest BCUT2D eigenvalue weighted by molar-refractivity contribution is 0.0200. The van der Waals surface area contributed by atoms with Gasteiger partial charge in [0.25, 0.3) is 0 Å². The summed E-state index contributed by atoms with van der Waals surface area (Å²) in [5, 5.41) is 4.47. The summed E-state index contributed by atoms with van der Waals surface area (Å²) in [4.78, 5) is 2.84. The van der Waals surface area contributed by atoms with Gasteiger partial charge < -0.3 is 14.2 Å². The monoisotopic (exact) mass is 466 g/mol. The van der Waals surface area contributed by atoms with Crippen LogP contribution in [0.15, 0.2) is 22.9 Å². The number of aryl methyl sites for hydroxylation is 1. The largest absolute Gasteiger partial charge is 0.382 e. The van der Waals surface area contributed by atoms with Crippen molar-refractivity contribution in [3.63, 3.8) is 0 Å². The van der Waals surface area contributed by atoms with Crippen LogP contribution in [0.5, 0.6) is 0 Å². The molecule has 5 heteroatoms. The normalized spacial score (nSPS) is 11.4. The van der Waals surface area contributed by atoms with Crippen LogP contribution >= 0.6 is 22.7 Å².